The highest BCUT2D eigenvalue weighted by Gasteiger charge is 2.26. The van der Waals surface area contributed by atoms with Gasteiger partial charge in [-0.3, -0.25) is 0 Å². The lowest BCUT2D eigenvalue weighted by Gasteiger charge is -2.35. The highest BCUT2D eigenvalue weighted by molar-refractivity contribution is 14.1. The second kappa shape index (κ2) is 6.68. The molecule has 1 fully saturated rings. The molecule has 4 nitrogen and oxygen atoms in total. The van der Waals surface area contributed by atoms with Gasteiger partial charge in [-0.15, -0.1) is 0 Å². The van der Waals surface area contributed by atoms with Crippen LogP contribution < -0.4 is 4.90 Å². The van der Waals surface area contributed by atoms with E-state index < -0.39 is 0 Å². The van der Waals surface area contributed by atoms with Crippen LogP contribution in [0, 0.1) is 9.49 Å². The number of rotatable bonds is 4. The lowest BCUT2D eigenvalue weighted by atomic mass is 9.96. The summed E-state index contributed by atoms with van der Waals surface area (Å²) in [5, 5.41) is 0. The number of methoxy groups -OCH3 is 2. The fraction of sp³-hybridized carbons (Fsp3) is 0.615. The summed E-state index contributed by atoms with van der Waals surface area (Å²) in [7, 11) is 3.42. The van der Waals surface area contributed by atoms with Crippen LogP contribution >= 0.6 is 22.6 Å². The molecule has 0 aliphatic carbocycles. The lowest BCUT2D eigenvalue weighted by Crippen LogP contribution is -2.39. The summed E-state index contributed by atoms with van der Waals surface area (Å²) < 4.78 is 11.8. The molecular weight excluding hydrogens is 343 g/mol. The summed E-state index contributed by atoms with van der Waals surface area (Å²) in [5.74, 6) is 1.56. The predicted octanol–water partition coefficient (Wildman–Crippen LogP) is 2.52. The van der Waals surface area contributed by atoms with Gasteiger partial charge in [-0.05, 0) is 47.6 Å². The summed E-state index contributed by atoms with van der Waals surface area (Å²) >= 11 is 2.28. The molecule has 0 unspecified atom stereocenters. The van der Waals surface area contributed by atoms with Crippen molar-refractivity contribution in [3.05, 3.63) is 21.9 Å². The van der Waals surface area contributed by atoms with Gasteiger partial charge < -0.3 is 14.4 Å². The summed E-state index contributed by atoms with van der Waals surface area (Å²) in [4.78, 5) is 6.80. The van der Waals surface area contributed by atoms with Gasteiger partial charge in [-0.2, -0.15) is 0 Å². The lowest BCUT2D eigenvalue weighted by molar-refractivity contribution is -0.141. The Kier molecular flexibility index (Phi) is 5.20. The van der Waals surface area contributed by atoms with E-state index in [2.05, 4.69) is 44.6 Å². The highest BCUT2D eigenvalue weighted by atomic mass is 127. The number of anilines is 1. The third-order valence-electron chi connectivity index (χ3n) is 3.42. The predicted molar refractivity (Wildman–Crippen MR) is 79.7 cm³/mol. The number of piperidine rings is 1. The second-order valence-corrected chi connectivity index (χ2v) is 5.74. The maximum Gasteiger partial charge on any atom is 0.159 e. The fourth-order valence-electron chi connectivity index (χ4n) is 2.44. The molecule has 18 heavy (non-hydrogen) atoms. The zero-order valence-corrected chi connectivity index (χ0v) is 13.0. The quantitative estimate of drug-likeness (QED) is 0.609. The standard InChI is InChI=1S/C13H19IN2O2/c1-17-13(18-2)10-5-7-16(8-6-10)12-4-3-11(14)9-15-12/h3-4,9-10,13H,5-8H2,1-2H3. The van der Waals surface area contributed by atoms with Crippen LogP contribution in [0.25, 0.3) is 0 Å². The van der Waals surface area contributed by atoms with Crippen LogP contribution in [0.2, 0.25) is 0 Å². The molecule has 0 N–H and O–H groups in total. The molecule has 0 saturated carbocycles. The summed E-state index contributed by atoms with van der Waals surface area (Å²) in [6.45, 7) is 2.03. The van der Waals surface area contributed by atoms with Gasteiger partial charge in [-0.25, -0.2) is 4.98 Å². The molecule has 100 valence electrons. The molecule has 0 spiro atoms. The van der Waals surface area contributed by atoms with Crippen molar-refractivity contribution in [2.24, 2.45) is 5.92 Å². The zero-order valence-electron chi connectivity index (χ0n) is 10.8. The van der Waals surface area contributed by atoms with E-state index in [1.54, 1.807) is 14.2 Å². The SMILES string of the molecule is COC(OC)C1CCN(c2ccc(I)cn2)CC1. The molecular formula is C13H19IN2O2. The van der Waals surface area contributed by atoms with E-state index in [9.17, 15) is 0 Å². The number of aromatic nitrogens is 1. The van der Waals surface area contributed by atoms with Crippen LogP contribution in [0.5, 0.6) is 0 Å². The fourth-order valence-corrected chi connectivity index (χ4v) is 2.76. The van der Waals surface area contributed by atoms with Crippen molar-refractivity contribution >= 4 is 28.4 Å². The molecule has 1 aromatic rings. The minimum absolute atomic E-state index is 0.0724. The average molecular weight is 362 g/mol. The van der Waals surface area contributed by atoms with Gasteiger partial charge >= 0.3 is 0 Å². The Balaban J connectivity index is 1.92. The van der Waals surface area contributed by atoms with Crippen LogP contribution in [-0.2, 0) is 9.47 Å². The Bertz CT molecular complexity index is 360. The monoisotopic (exact) mass is 362 g/mol. The van der Waals surface area contributed by atoms with Crippen LogP contribution in [0.4, 0.5) is 5.82 Å². The summed E-state index contributed by atoms with van der Waals surface area (Å²) in [6, 6.07) is 4.19. The molecule has 0 aromatic carbocycles. The van der Waals surface area contributed by atoms with E-state index in [1.807, 2.05) is 6.20 Å². The molecule has 1 aromatic heterocycles. The van der Waals surface area contributed by atoms with Gasteiger partial charge in [0, 0.05) is 43.0 Å². The molecule has 0 amide bonds. The second-order valence-electron chi connectivity index (χ2n) is 4.50. The Labute approximate surface area is 122 Å². The van der Waals surface area contributed by atoms with Crippen molar-refractivity contribution < 1.29 is 9.47 Å². The van der Waals surface area contributed by atoms with Gasteiger partial charge in [0.1, 0.15) is 5.82 Å². The summed E-state index contributed by atoms with van der Waals surface area (Å²) in [5.41, 5.74) is 0. The third-order valence-corrected chi connectivity index (χ3v) is 4.06. The molecule has 0 radical (unpaired) electrons. The first kappa shape index (κ1) is 14.0. The normalized spacial score (nSPS) is 17.4. The molecule has 5 heteroatoms. The van der Waals surface area contributed by atoms with E-state index in [0.29, 0.717) is 5.92 Å². The first-order valence-electron chi connectivity index (χ1n) is 6.16. The first-order valence-corrected chi connectivity index (χ1v) is 7.24. The van der Waals surface area contributed by atoms with Gasteiger partial charge in [0.15, 0.2) is 6.29 Å². The number of ether oxygens (including phenoxy) is 2. The average Bonchev–Trinajstić information content (AvgIpc) is 2.42. The Morgan fingerprint density at radius 2 is 1.94 bits per heavy atom. The van der Waals surface area contributed by atoms with Crippen molar-refractivity contribution in [2.45, 2.75) is 19.1 Å². The first-order chi connectivity index (χ1) is 8.74. The molecule has 1 saturated heterocycles. The molecule has 0 atom stereocenters. The molecule has 0 bridgehead atoms. The van der Waals surface area contributed by atoms with E-state index in [0.717, 1.165) is 31.7 Å². The molecule has 1 aliphatic rings. The Morgan fingerprint density at radius 3 is 2.44 bits per heavy atom. The molecule has 2 heterocycles. The number of nitrogens with zero attached hydrogens (tertiary/aromatic N) is 2. The number of halogens is 1. The zero-order chi connectivity index (χ0) is 13.0. The topological polar surface area (TPSA) is 34.6 Å². The van der Waals surface area contributed by atoms with Gasteiger partial charge in [-0.1, -0.05) is 0 Å². The van der Waals surface area contributed by atoms with E-state index >= 15 is 0 Å². The van der Waals surface area contributed by atoms with Crippen molar-refractivity contribution in [1.29, 1.82) is 0 Å². The molecule has 1 aliphatic heterocycles. The number of pyridine rings is 1. The van der Waals surface area contributed by atoms with E-state index in [1.165, 1.54) is 3.57 Å². The molecule has 2 rings (SSSR count). The van der Waals surface area contributed by atoms with Gasteiger partial charge in [0.2, 0.25) is 0 Å². The van der Waals surface area contributed by atoms with E-state index in [4.69, 9.17) is 9.47 Å². The van der Waals surface area contributed by atoms with Crippen molar-refractivity contribution in [2.75, 3.05) is 32.2 Å². The van der Waals surface area contributed by atoms with Crippen LogP contribution in [0.1, 0.15) is 12.8 Å². The maximum atomic E-state index is 5.34. The van der Waals surface area contributed by atoms with Crippen LogP contribution in [0.15, 0.2) is 18.3 Å². The van der Waals surface area contributed by atoms with Crippen molar-refractivity contribution in [1.82, 2.24) is 4.98 Å². The van der Waals surface area contributed by atoms with Crippen molar-refractivity contribution in [3.8, 4) is 0 Å². The third kappa shape index (κ3) is 3.33. The Morgan fingerprint density at radius 1 is 1.28 bits per heavy atom. The highest BCUT2D eigenvalue weighted by Crippen LogP contribution is 2.25. The van der Waals surface area contributed by atoms with Gasteiger partial charge in [0.25, 0.3) is 0 Å². The van der Waals surface area contributed by atoms with E-state index in [-0.39, 0.29) is 6.29 Å². The van der Waals surface area contributed by atoms with Crippen LogP contribution in [-0.4, -0.2) is 38.6 Å². The maximum absolute atomic E-state index is 5.34. The summed E-state index contributed by atoms with van der Waals surface area (Å²) in [6.07, 6.45) is 4.01. The van der Waals surface area contributed by atoms with Crippen molar-refractivity contribution in [3.63, 3.8) is 0 Å². The van der Waals surface area contributed by atoms with Crippen LogP contribution in [0.3, 0.4) is 0 Å². The van der Waals surface area contributed by atoms with Gasteiger partial charge in [0.05, 0.1) is 0 Å². The number of hydrogen-bond acceptors (Lipinski definition) is 4. The minimum Gasteiger partial charge on any atom is -0.357 e. The number of hydrogen-bond donors (Lipinski definition) is 0. The Hall–Kier alpha value is -0.400. The minimum atomic E-state index is -0.0724. The smallest absolute Gasteiger partial charge is 0.159 e. The largest absolute Gasteiger partial charge is 0.357 e.